The number of amides is 2. The molecule has 11 nitrogen and oxygen atoms in total. The van der Waals surface area contributed by atoms with Gasteiger partial charge in [-0.05, 0) is 31.9 Å². The standard InChI is InChI=1S/C22H25N7O4/c1-13-16-8-14(11-24-19(16)27-26-13)20(31)28-4-2-22(3-5-28)12-29(6-7-33-22)21(32)17-9-15(23)10-18(30)25-17/h8-11H,2-7,12H2,1H3,(H3,23,25,30)(H,24,26,27). The van der Waals surface area contributed by atoms with Crippen molar-refractivity contribution in [1.82, 2.24) is 30.0 Å². The normalized spacial score (nSPS) is 18.1. The van der Waals surface area contributed by atoms with Crippen LogP contribution >= 0.6 is 0 Å². The molecule has 0 aromatic carbocycles. The number of H-pyrrole nitrogens is 2. The quantitative estimate of drug-likeness (QED) is 0.518. The van der Waals surface area contributed by atoms with Gasteiger partial charge in [-0.1, -0.05) is 0 Å². The average Bonchev–Trinajstić information content (AvgIpc) is 3.18. The van der Waals surface area contributed by atoms with Gasteiger partial charge in [0.2, 0.25) is 0 Å². The zero-order chi connectivity index (χ0) is 23.2. The Morgan fingerprint density at radius 2 is 1.91 bits per heavy atom. The second-order valence-electron chi connectivity index (χ2n) is 8.69. The summed E-state index contributed by atoms with van der Waals surface area (Å²) in [4.78, 5) is 48.1. The molecule has 0 bridgehead atoms. The lowest BCUT2D eigenvalue weighted by molar-refractivity contribution is -0.123. The van der Waals surface area contributed by atoms with Gasteiger partial charge in [-0.2, -0.15) is 5.10 Å². The van der Waals surface area contributed by atoms with E-state index in [1.807, 2.05) is 13.0 Å². The molecular weight excluding hydrogens is 426 g/mol. The van der Waals surface area contributed by atoms with Crippen LogP contribution in [0.4, 0.5) is 5.69 Å². The molecule has 3 aromatic rings. The molecule has 11 heteroatoms. The highest BCUT2D eigenvalue weighted by atomic mass is 16.5. The second kappa shape index (κ2) is 8.00. The van der Waals surface area contributed by atoms with Crippen molar-refractivity contribution in [2.75, 3.05) is 38.5 Å². The van der Waals surface area contributed by atoms with Crippen LogP contribution < -0.4 is 11.3 Å². The minimum atomic E-state index is -0.519. The van der Waals surface area contributed by atoms with E-state index in [0.717, 1.165) is 11.1 Å². The maximum absolute atomic E-state index is 13.1. The monoisotopic (exact) mass is 451 g/mol. The number of carbonyl (C=O) groups excluding carboxylic acids is 2. The van der Waals surface area contributed by atoms with E-state index in [-0.39, 0.29) is 23.2 Å². The van der Waals surface area contributed by atoms with E-state index < -0.39 is 11.2 Å². The van der Waals surface area contributed by atoms with Crippen molar-refractivity contribution in [3.05, 3.63) is 51.7 Å². The van der Waals surface area contributed by atoms with Gasteiger partial charge in [-0.15, -0.1) is 0 Å². The lowest BCUT2D eigenvalue weighted by atomic mass is 9.89. The van der Waals surface area contributed by atoms with Gasteiger partial charge >= 0.3 is 0 Å². The number of anilines is 1. The highest BCUT2D eigenvalue weighted by Gasteiger charge is 2.42. The number of pyridine rings is 2. The molecule has 5 rings (SSSR count). The lowest BCUT2D eigenvalue weighted by Crippen LogP contribution is -2.58. The minimum absolute atomic E-state index is 0.0825. The predicted octanol–water partition coefficient (Wildman–Crippen LogP) is 0.684. The van der Waals surface area contributed by atoms with Gasteiger partial charge in [0, 0.05) is 48.7 Å². The van der Waals surface area contributed by atoms with Crippen molar-refractivity contribution < 1.29 is 14.3 Å². The van der Waals surface area contributed by atoms with Crippen LogP contribution in [0.25, 0.3) is 11.0 Å². The van der Waals surface area contributed by atoms with Crippen LogP contribution in [0.15, 0.2) is 29.2 Å². The Balaban J connectivity index is 1.27. The Kier molecular flexibility index (Phi) is 5.12. The number of likely N-dealkylation sites (tertiary alicyclic amines) is 1. The van der Waals surface area contributed by atoms with E-state index >= 15 is 0 Å². The van der Waals surface area contributed by atoms with Gasteiger partial charge in [0.1, 0.15) is 5.69 Å². The zero-order valence-corrected chi connectivity index (χ0v) is 18.3. The summed E-state index contributed by atoms with van der Waals surface area (Å²) in [6.07, 6.45) is 2.77. The molecule has 2 amide bonds. The Morgan fingerprint density at radius 3 is 2.67 bits per heavy atom. The molecule has 0 atom stereocenters. The molecule has 0 radical (unpaired) electrons. The Labute approximate surface area is 188 Å². The molecule has 0 saturated carbocycles. The third-order valence-corrected chi connectivity index (χ3v) is 6.44. The van der Waals surface area contributed by atoms with Gasteiger partial charge in [-0.25, -0.2) is 4.98 Å². The first-order chi connectivity index (χ1) is 15.8. The predicted molar refractivity (Wildman–Crippen MR) is 120 cm³/mol. The van der Waals surface area contributed by atoms with Crippen LogP contribution in [0.5, 0.6) is 0 Å². The number of hydrogen-bond donors (Lipinski definition) is 3. The molecule has 1 spiro atoms. The number of rotatable bonds is 2. The molecule has 2 aliphatic heterocycles. The number of morpholine rings is 1. The van der Waals surface area contributed by atoms with E-state index in [0.29, 0.717) is 56.8 Å². The van der Waals surface area contributed by atoms with E-state index in [4.69, 9.17) is 10.5 Å². The molecule has 33 heavy (non-hydrogen) atoms. The maximum atomic E-state index is 13.1. The second-order valence-corrected chi connectivity index (χ2v) is 8.69. The van der Waals surface area contributed by atoms with Crippen molar-refractivity contribution in [2.45, 2.75) is 25.4 Å². The van der Waals surface area contributed by atoms with Crippen LogP contribution in [0, 0.1) is 6.92 Å². The summed E-state index contributed by atoms with van der Waals surface area (Å²) in [6.45, 7) is 4.13. The van der Waals surface area contributed by atoms with Crippen LogP contribution in [0.3, 0.4) is 0 Å². The Bertz CT molecular complexity index is 1290. The van der Waals surface area contributed by atoms with Crippen molar-refractivity contribution in [2.24, 2.45) is 0 Å². The van der Waals surface area contributed by atoms with Gasteiger partial charge in [0.15, 0.2) is 5.65 Å². The van der Waals surface area contributed by atoms with Crippen LogP contribution in [-0.4, -0.2) is 80.2 Å². The highest BCUT2D eigenvalue weighted by molar-refractivity contribution is 5.97. The zero-order valence-electron chi connectivity index (χ0n) is 18.3. The highest BCUT2D eigenvalue weighted by Crippen LogP contribution is 2.31. The molecule has 0 unspecified atom stereocenters. The number of aryl methyl sites for hydroxylation is 1. The molecular formula is C22H25N7O4. The fraction of sp³-hybridized carbons (Fsp3) is 0.409. The van der Waals surface area contributed by atoms with Crippen LogP contribution in [-0.2, 0) is 4.74 Å². The number of aromatic nitrogens is 4. The largest absolute Gasteiger partial charge is 0.399 e. The van der Waals surface area contributed by atoms with E-state index in [1.54, 1.807) is 16.0 Å². The number of nitrogen functional groups attached to an aromatic ring is 1. The smallest absolute Gasteiger partial charge is 0.270 e. The SMILES string of the molecule is Cc1[nH]nc2ncc(C(=O)N3CCC4(CC3)CN(C(=O)c3cc(N)cc(=O)[nH]3)CCO4)cc12. The number of fused-ring (bicyclic) bond motifs is 1. The van der Waals surface area contributed by atoms with Gasteiger partial charge in [0.05, 0.1) is 24.3 Å². The molecule has 0 aliphatic carbocycles. The van der Waals surface area contributed by atoms with Crippen molar-refractivity contribution in [3.8, 4) is 0 Å². The first-order valence-corrected chi connectivity index (χ1v) is 10.9. The number of ether oxygens (including phenoxy) is 1. The number of nitrogens with one attached hydrogen (secondary N) is 2. The first-order valence-electron chi connectivity index (χ1n) is 10.9. The molecule has 5 heterocycles. The van der Waals surface area contributed by atoms with Gasteiger partial charge < -0.3 is 25.3 Å². The molecule has 4 N–H and O–H groups in total. The van der Waals surface area contributed by atoms with Crippen molar-refractivity contribution in [3.63, 3.8) is 0 Å². The minimum Gasteiger partial charge on any atom is -0.399 e. The third kappa shape index (κ3) is 3.95. The summed E-state index contributed by atoms with van der Waals surface area (Å²) >= 11 is 0. The summed E-state index contributed by atoms with van der Waals surface area (Å²) in [5, 5.41) is 7.82. The summed E-state index contributed by atoms with van der Waals surface area (Å²) in [5.74, 6) is -0.364. The average molecular weight is 451 g/mol. The molecule has 172 valence electrons. The van der Waals surface area contributed by atoms with Crippen LogP contribution in [0.2, 0.25) is 0 Å². The number of piperidine rings is 1. The van der Waals surface area contributed by atoms with Crippen molar-refractivity contribution in [1.29, 1.82) is 0 Å². The third-order valence-electron chi connectivity index (χ3n) is 6.44. The number of carbonyl (C=O) groups is 2. The number of nitrogens with zero attached hydrogens (tertiary/aromatic N) is 4. The summed E-state index contributed by atoms with van der Waals surface area (Å²) in [7, 11) is 0. The molecule has 2 saturated heterocycles. The van der Waals surface area contributed by atoms with Gasteiger partial charge in [-0.3, -0.25) is 19.5 Å². The summed E-state index contributed by atoms with van der Waals surface area (Å²) in [6, 6.07) is 4.53. The summed E-state index contributed by atoms with van der Waals surface area (Å²) in [5.41, 5.74) is 7.19. The summed E-state index contributed by atoms with van der Waals surface area (Å²) < 4.78 is 6.11. The van der Waals surface area contributed by atoms with Gasteiger partial charge in [0.25, 0.3) is 17.4 Å². The molecule has 3 aromatic heterocycles. The lowest BCUT2D eigenvalue weighted by Gasteiger charge is -2.47. The maximum Gasteiger partial charge on any atom is 0.270 e. The Hall–Kier alpha value is -3.73. The van der Waals surface area contributed by atoms with Crippen molar-refractivity contribution >= 4 is 28.5 Å². The van der Waals surface area contributed by atoms with E-state index in [9.17, 15) is 14.4 Å². The molecule has 2 fully saturated rings. The topological polar surface area (TPSA) is 150 Å². The van der Waals surface area contributed by atoms with E-state index in [1.165, 1.54) is 12.1 Å². The Morgan fingerprint density at radius 1 is 1.12 bits per heavy atom. The number of hydrogen-bond acceptors (Lipinski definition) is 7. The fourth-order valence-electron chi connectivity index (χ4n) is 4.61. The number of aromatic amines is 2. The van der Waals surface area contributed by atoms with E-state index in [2.05, 4.69) is 20.2 Å². The molecule has 2 aliphatic rings. The fourth-order valence-corrected chi connectivity index (χ4v) is 4.61. The number of nitrogens with two attached hydrogens (primary N) is 1. The van der Waals surface area contributed by atoms with Crippen LogP contribution in [0.1, 0.15) is 39.4 Å². The first kappa shape index (κ1) is 21.1.